The predicted molar refractivity (Wildman–Crippen MR) is 88.4 cm³/mol. The molecule has 6 heteroatoms. The molecule has 0 radical (unpaired) electrons. The summed E-state index contributed by atoms with van der Waals surface area (Å²) in [5.74, 6) is 0.730. The van der Waals surface area contributed by atoms with E-state index in [1.165, 1.54) is 0 Å². The third kappa shape index (κ3) is 3.66. The Balaban J connectivity index is 1.57. The van der Waals surface area contributed by atoms with Crippen LogP contribution in [-0.2, 0) is 11.3 Å². The average Bonchev–Trinajstić information content (AvgIpc) is 2.98. The number of fused-ring (bicyclic) bond motifs is 1. The van der Waals surface area contributed by atoms with Crippen LogP contribution in [0.15, 0.2) is 48.5 Å². The van der Waals surface area contributed by atoms with Crippen molar-refractivity contribution in [2.24, 2.45) is 0 Å². The highest BCUT2D eigenvalue weighted by molar-refractivity contribution is 5.90. The fraction of sp³-hybridized carbons (Fsp3) is 0.235. The molecule has 23 heavy (non-hydrogen) atoms. The molecule has 0 saturated heterocycles. The first-order chi connectivity index (χ1) is 11.3. The van der Waals surface area contributed by atoms with E-state index in [-0.39, 0.29) is 5.91 Å². The van der Waals surface area contributed by atoms with Gasteiger partial charge in [-0.3, -0.25) is 4.79 Å². The van der Waals surface area contributed by atoms with Crippen LogP contribution >= 0.6 is 0 Å². The summed E-state index contributed by atoms with van der Waals surface area (Å²) in [5.41, 5.74) is 2.52. The number of aryl methyl sites for hydroxylation is 1. The van der Waals surface area contributed by atoms with E-state index in [0.717, 1.165) is 22.5 Å². The summed E-state index contributed by atoms with van der Waals surface area (Å²) >= 11 is 0. The molecule has 1 heterocycles. The van der Waals surface area contributed by atoms with Crippen LogP contribution in [0.3, 0.4) is 0 Å². The van der Waals surface area contributed by atoms with Gasteiger partial charge in [-0.1, -0.05) is 17.3 Å². The topological polar surface area (TPSA) is 69.0 Å². The minimum Gasteiger partial charge on any atom is -0.494 e. The number of hydrogen-bond acceptors (Lipinski definition) is 4. The van der Waals surface area contributed by atoms with Gasteiger partial charge in [-0.05, 0) is 43.3 Å². The van der Waals surface area contributed by atoms with Crippen LogP contribution in [0.4, 0.5) is 5.69 Å². The fourth-order valence-electron chi connectivity index (χ4n) is 2.31. The summed E-state index contributed by atoms with van der Waals surface area (Å²) in [6, 6.07) is 15.0. The first-order valence-corrected chi connectivity index (χ1v) is 7.57. The standard InChI is InChI=1S/C17H18N4O2/c1-2-23-14-9-7-13(8-10-14)18-17(22)11-12-21-16-6-4-3-5-15(16)19-20-21/h3-10H,2,11-12H2,1H3,(H,18,22). The Labute approximate surface area is 134 Å². The molecular weight excluding hydrogens is 292 g/mol. The van der Waals surface area contributed by atoms with Gasteiger partial charge >= 0.3 is 0 Å². The Morgan fingerprint density at radius 2 is 1.96 bits per heavy atom. The highest BCUT2D eigenvalue weighted by Crippen LogP contribution is 2.16. The molecule has 0 atom stereocenters. The van der Waals surface area contributed by atoms with Crippen molar-refractivity contribution in [3.8, 4) is 5.75 Å². The first-order valence-electron chi connectivity index (χ1n) is 7.57. The second-order valence-electron chi connectivity index (χ2n) is 5.06. The zero-order valence-corrected chi connectivity index (χ0v) is 12.9. The lowest BCUT2D eigenvalue weighted by atomic mass is 10.3. The molecule has 6 nitrogen and oxygen atoms in total. The van der Waals surface area contributed by atoms with Gasteiger partial charge in [0, 0.05) is 12.1 Å². The Kier molecular flexibility index (Phi) is 4.52. The number of aromatic nitrogens is 3. The quantitative estimate of drug-likeness (QED) is 0.760. The molecule has 1 N–H and O–H groups in total. The molecule has 0 unspecified atom stereocenters. The van der Waals surface area contributed by atoms with Crippen LogP contribution in [0.5, 0.6) is 5.75 Å². The Morgan fingerprint density at radius 3 is 2.74 bits per heavy atom. The SMILES string of the molecule is CCOc1ccc(NC(=O)CCn2nnc3ccccc32)cc1. The van der Waals surface area contributed by atoms with E-state index in [0.29, 0.717) is 19.6 Å². The summed E-state index contributed by atoms with van der Waals surface area (Å²) in [5, 5.41) is 11.0. The average molecular weight is 310 g/mol. The van der Waals surface area contributed by atoms with Crippen LogP contribution in [0, 0.1) is 0 Å². The summed E-state index contributed by atoms with van der Waals surface area (Å²) in [6.07, 6.45) is 0.334. The lowest BCUT2D eigenvalue weighted by Crippen LogP contribution is -2.15. The third-order valence-electron chi connectivity index (χ3n) is 3.42. The summed E-state index contributed by atoms with van der Waals surface area (Å²) in [4.78, 5) is 12.1. The molecule has 0 aliphatic carbocycles. The number of carbonyl (C=O) groups excluding carboxylic acids is 1. The normalized spacial score (nSPS) is 10.7. The van der Waals surface area contributed by atoms with Gasteiger partial charge in [0.2, 0.25) is 5.91 Å². The molecule has 0 aliphatic rings. The highest BCUT2D eigenvalue weighted by atomic mass is 16.5. The summed E-state index contributed by atoms with van der Waals surface area (Å²) in [6.45, 7) is 3.05. The number of hydrogen-bond donors (Lipinski definition) is 1. The van der Waals surface area contributed by atoms with Crippen molar-refractivity contribution >= 4 is 22.6 Å². The molecule has 1 amide bonds. The molecule has 0 aliphatic heterocycles. The second-order valence-corrected chi connectivity index (χ2v) is 5.06. The molecule has 2 aromatic carbocycles. The van der Waals surface area contributed by atoms with Gasteiger partial charge in [0.05, 0.1) is 18.7 Å². The number of ether oxygens (including phenoxy) is 1. The number of carbonyl (C=O) groups is 1. The van der Waals surface area contributed by atoms with Gasteiger partial charge in [0.25, 0.3) is 0 Å². The number of amides is 1. The van der Waals surface area contributed by atoms with E-state index in [1.807, 2.05) is 55.5 Å². The first kappa shape index (κ1) is 15.0. The van der Waals surface area contributed by atoms with E-state index in [1.54, 1.807) is 4.68 Å². The van der Waals surface area contributed by atoms with Crippen LogP contribution < -0.4 is 10.1 Å². The largest absolute Gasteiger partial charge is 0.494 e. The maximum Gasteiger partial charge on any atom is 0.226 e. The number of benzene rings is 2. The van der Waals surface area contributed by atoms with Gasteiger partial charge in [-0.2, -0.15) is 0 Å². The van der Waals surface area contributed by atoms with Gasteiger partial charge in [-0.15, -0.1) is 5.10 Å². The second kappa shape index (κ2) is 6.91. The van der Waals surface area contributed by atoms with Crippen molar-refractivity contribution in [3.63, 3.8) is 0 Å². The van der Waals surface area contributed by atoms with Gasteiger partial charge in [-0.25, -0.2) is 4.68 Å². The predicted octanol–water partition coefficient (Wildman–Crippen LogP) is 2.86. The van der Waals surface area contributed by atoms with Gasteiger partial charge < -0.3 is 10.1 Å². The van der Waals surface area contributed by atoms with Crippen LogP contribution in [0.1, 0.15) is 13.3 Å². The molecule has 0 saturated carbocycles. The van der Waals surface area contributed by atoms with Crippen molar-refractivity contribution in [3.05, 3.63) is 48.5 Å². The minimum atomic E-state index is -0.0614. The zero-order chi connectivity index (χ0) is 16.1. The molecular formula is C17H18N4O2. The lowest BCUT2D eigenvalue weighted by molar-refractivity contribution is -0.116. The van der Waals surface area contributed by atoms with E-state index in [4.69, 9.17) is 4.74 Å². The lowest BCUT2D eigenvalue weighted by Gasteiger charge is -2.07. The smallest absolute Gasteiger partial charge is 0.226 e. The molecule has 0 spiro atoms. The van der Waals surface area contributed by atoms with Crippen LogP contribution in [-0.4, -0.2) is 27.5 Å². The fourth-order valence-corrected chi connectivity index (χ4v) is 2.31. The maximum absolute atomic E-state index is 12.1. The van der Waals surface area contributed by atoms with Crippen LogP contribution in [0.25, 0.3) is 11.0 Å². The molecule has 3 rings (SSSR count). The number of nitrogens with zero attached hydrogens (tertiary/aromatic N) is 3. The summed E-state index contributed by atoms with van der Waals surface area (Å²) in [7, 11) is 0. The minimum absolute atomic E-state index is 0.0614. The molecule has 0 fully saturated rings. The maximum atomic E-state index is 12.1. The Bertz CT molecular complexity index is 796. The number of nitrogens with one attached hydrogen (secondary N) is 1. The van der Waals surface area contributed by atoms with E-state index < -0.39 is 0 Å². The molecule has 1 aromatic heterocycles. The van der Waals surface area contributed by atoms with E-state index >= 15 is 0 Å². The monoisotopic (exact) mass is 310 g/mol. The van der Waals surface area contributed by atoms with E-state index in [9.17, 15) is 4.79 Å². The number of rotatable bonds is 6. The van der Waals surface area contributed by atoms with Crippen molar-refractivity contribution < 1.29 is 9.53 Å². The van der Waals surface area contributed by atoms with Gasteiger partial charge in [0.1, 0.15) is 11.3 Å². The van der Waals surface area contributed by atoms with Crippen molar-refractivity contribution in [1.82, 2.24) is 15.0 Å². The Hall–Kier alpha value is -2.89. The number of anilines is 1. The molecule has 3 aromatic rings. The number of para-hydroxylation sites is 1. The van der Waals surface area contributed by atoms with Crippen molar-refractivity contribution in [2.45, 2.75) is 19.9 Å². The zero-order valence-electron chi connectivity index (χ0n) is 12.9. The van der Waals surface area contributed by atoms with Crippen LogP contribution in [0.2, 0.25) is 0 Å². The third-order valence-corrected chi connectivity index (χ3v) is 3.42. The van der Waals surface area contributed by atoms with Crippen molar-refractivity contribution in [1.29, 1.82) is 0 Å². The van der Waals surface area contributed by atoms with Crippen molar-refractivity contribution in [2.75, 3.05) is 11.9 Å². The highest BCUT2D eigenvalue weighted by Gasteiger charge is 2.07. The molecule has 118 valence electrons. The van der Waals surface area contributed by atoms with Gasteiger partial charge in [0.15, 0.2) is 0 Å². The Morgan fingerprint density at radius 1 is 1.17 bits per heavy atom. The van der Waals surface area contributed by atoms with E-state index in [2.05, 4.69) is 15.6 Å². The summed E-state index contributed by atoms with van der Waals surface area (Å²) < 4.78 is 7.12. The molecule has 0 bridgehead atoms.